The largest absolute Gasteiger partial charge is 0.386 e. The summed E-state index contributed by atoms with van der Waals surface area (Å²) in [4.78, 5) is 11.9. The van der Waals surface area contributed by atoms with E-state index < -0.39 is 0 Å². The lowest BCUT2D eigenvalue weighted by Gasteiger charge is -2.18. The third kappa shape index (κ3) is 3.93. The van der Waals surface area contributed by atoms with E-state index in [0.29, 0.717) is 6.61 Å². The van der Waals surface area contributed by atoms with Gasteiger partial charge in [-0.25, -0.2) is 0 Å². The van der Waals surface area contributed by atoms with Gasteiger partial charge in [0.25, 0.3) is 5.56 Å². The zero-order chi connectivity index (χ0) is 17.0. The summed E-state index contributed by atoms with van der Waals surface area (Å²) in [5.74, 6) is 0. The zero-order valence-corrected chi connectivity index (χ0v) is 14.4. The molecule has 0 bridgehead atoms. The van der Waals surface area contributed by atoms with Gasteiger partial charge >= 0.3 is 0 Å². The average molecular weight is 315 g/mol. The van der Waals surface area contributed by atoms with Crippen molar-refractivity contribution in [3.63, 3.8) is 0 Å². The SMILES string of the molecule is CNc1ccc(-c2cc(C)c(=O)n(C)c2)cc1N[C@H](C)COC. The molecule has 5 heteroatoms. The second kappa shape index (κ2) is 7.33. The molecule has 1 heterocycles. The van der Waals surface area contributed by atoms with Crippen molar-refractivity contribution < 1.29 is 4.74 Å². The second-order valence-electron chi connectivity index (χ2n) is 5.84. The molecule has 0 spiro atoms. The number of aromatic nitrogens is 1. The summed E-state index contributed by atoms with van der Waals surface area (Å²) in [6.45, 7) is 4.55. The number of aryl methyl sites for hydroxylation is 2. The fourth-order valence-corrected chi connectivity index (χ4v) is 2.65. The molecule has 1 aromatic carbocycles. The predicted octanol–water partition coefficient (Wildman–Crippen LogP) is 2.85. The number of nitrogens with zero attached hydrogens (tertiary/aromatic N) is 1. The van der Waals surface area contributed by atoms with E-state index >= 15 is 0 Å². The van der Waals surface area contributed by atoms with Gasteiger partial charge in [-0.2, -0.15) is 0 Å². The number of nitrogens with one attached hydrogen (secondary N) is 2. The van der Waals surface area contributed by atoms with Crippen molar-refractivity contribution in [2.45, 2.75) is 19.9 Å². The van der Waals surface area contributed by atoms with Crippen molar-refractivity contribution >= 4 is 11.4 Å². The summed E-state index contributed by atoms with van der Waals surface area (Å²) in [5, 5.41) is 6.65. The first-order valence-corrected chi connectivity index (χ1v) is 7.71. The summed E-state index contributed by atoms with van der Waals surface area (Å²) >= 11 is 0. The smallest absolute Gasteiger partial charge is 0.253 e. The first-order chi connectivity index (χ1) is 11.0. The van der Waals surface area contributed by atoms with Gasteiger partial charge in [0.05, 0.1) is 18.0 Å². The molecule has 0 amide bonds. The molecule has 2 rings (SSSR count). The van der Waals surface area contributed by atoms with Crippen LogP contribution >= 0.6 is 0 Å². The lowest BCUT2D eigenvalue weighted by Crippen LogP contribution is -2.21. The van der Waals surface area contributed by atoms with Gasteiger partial charge < -0.3 is 19.9 Å². The number of methoxy groups -OCH3 is 1. The molecule has 2 aromatic rings. The van der Waals surface area contributed by atoms with Crippen LogP contribution in [-0.4, -0.2) is 31.4 Å². The van der Waals surface area contributed by atoms with Gasteiger partial charge in [-0.1, -0.05) is 6.07 Å². The lowest BCUT2D eigenvalue weighted by molar-refractivity contribution is 0.190. The van der Waals surface area contributed by atoms with Gasteiger partial charge in [0.15, 0.2) is 0 Å². The quantitative estimate of drug-likeness (QED) is 0.861. The van der Waals surface area contributed by atoms with Crippen LogP contribution in [0.15, 0.2) is 35.3 Å². The summed E-state index contributed by atoms with van der Waals surface area (Å²) in [6, 6.07) is 8.31. The highest BCUT2D eigenvalue weighted by Crippen LogP contribution is 2.29. The monoisotopic (exact) mass is 315 g/mol. The van der Waals surface area contributed by atoms with Crippen molar-refractivity contribution in [2.75, 3.05) is 31.4 Å². The Morgan fingerprint density at radius 2 is 1.96 bits per heavy atom. The van der Waals surface area contributed by atoms with Crippen molar-refractivity contribution in [3.8, 4) is 11.1 Å². The molecular weight excluding hydrogens is 290 g/mol. The van der Waals surface area contributed by atoms with E-state index in [1.165, 1.54) is 0 Å². The minimum atomic E-state index is 0.0349. The van der Waals surface area contributed by atoms with Crippen LogP contribution in [-0.2, 0) is 11.8 Å². The van der Waals surface area contributed by atoms with E-state index in [2.05, 4.69) is 29.7 Å². The van der Waals surface area contributed by atoms with Gasteiger partial charge in [0.2, 0.25) is 0 Å². The molecule has 0 saturated carbocycles. The minimum absolute atomic E-state index is 0.0349. The third-order valence-corrected chi connectivity index (χ3v) is 3.80. The lowest BCUT2D eigenvalue weighted by atomic mass is 10.0. The Morgan fingerprint density at radius 3 is 2.57 bits per heavy atom. The summed E-state index contributed by atoms with van der Waals surface area (Å²) in [7, 11) is 5.37. The Hall–Kier alpha value is -2.27. The number of rotatable bonds is 6. The topological polar surface area (TPSA) is 55.3 Å². The average Bonchev–Trinajstić information content (AvgIpc) is 2.52. The fourth-order valence-electron chi connectivity index (χ4n) is 2.65. The maximum atomic E-state index is 11.9. The maximum absolute atomic E-state index is 11.9. The number of benzene rings is 1. The maximum Gasteiger partial charge on any atom is 0.253 e. The molecule has 0 aliphatic heterocycles. The first-order valence-electron chi connectivity index (χ1n) is 7.71. The summed E-state index contributed by atoms with van der Waals surface area (Å²) < 4.78 is 6.81. The second-order valence-corrected chi connectivity index (χ2v) is 5.84. The highest BCUT2D eigenvalue weighted by Gasteiger charge is 2.09. The Balaban J connectivity index is 2.42. The molecule has 0 aliphatic carbocycles. The van der Waals surface area contributed by atoms with Crippen LogP contribution in [0.2, 0.25) is 0 Å². The normalized spacial score (nSPS) is 12.0. The van der Waals surface area contributed by atoms with Crippen molar-refractivity contribution in [1.29, 1.82) is 0 Å². The van der Waals surface area contributed by atoms with Crippen LogP contribution < -0.4 is 16.2 Å². The Labute approximate surface area is 137 Å². The van der Waals surface area contributed by atoms with Gasteiger partial charge in [-0.05, 0) is 43.2 Å². The van der Waals surface area contributed by atoms with E-state index in [-0.39, 0.29) is 11.6 Å². The molecule has 23 heavy (non-hydrogen) atoms. The van der Waals surface area contributed by atoms with E-state index in [4.69, 9.17) is 4.74 Å². The van der Waals surface area contributed by atoms with Crippen LogP contribution in [0, 0.1) is 6.92 Å². The highest BCUT2D eigenvalue weighted by atomic mass is 16.5. The number of hydrogen-bond donors (Lipinski definition) is 2. The Bertz CT molecular complexity index is 711. The molecule has 0 aliphatic rings. The predicted molar refractivity (Wildman–Crippen MR) is 96.4 cm³/mol. The molecule has 5 nitrogen and oxygen atoms in total. The minimum Gasteiger partial charge on any atom is -0.386 e. The molecule has 0 saturated heterocycles. The van der Waals surface area contributed by atoms with Crippen LogP contribution in [0.25, 0.3) is 11.1 Å². The third-order valence-electron chi connectivity index (χ3n) is 3.80. The van der Waals surface area contributed by atoms with E-state index in [0.717, 1.165) is 28.1 Å². The molecule has 2 N–H and O–H groups in total. The molecule has 1 atom stereocenters. The fraction of sp³-hybridized carbons (Fsp3) is 0.389. The zero-order valence-electron chi connectivity index (χ0n) is 14.4. The molecule has 0 unspecified atom stereocenters. The van der Waals surface area contributed by atoms with Crippen molar-refractivity contribution in [1.82, 2.24) is 4.57 Å². The van der Waals surface area contributed by atoms with Gasteiger partial charge in [0, 0.05) is 39.0 Å². The molecule has 124 valence electrons. The van der Waals surface area contributed by atoms with Crippen LogP contribution in [0.1, 0.15) is 12.5 Å². The van der Waals surface area contributed by atoms with Crippen LogP contribution in [0.4, 0.5) is 11.4 Å². The molecular formula is C18H25N3O2. The molecule has 0 radical (unpaired) electrons. The number of anilines is 2. The van der Waals surface area contributed by atoms with Gasteiger partial charge in [0.1, 0.15) is 0 Å². The summed E-state index contributed by atoms with van der Waals surface area (Å²) in [5.41, 5.74) is 4.90. The van der Waals surface area contributed by atoms with E-state index in [9.17, 15) is 4.79 Å². The van der Waals surface area contributed by atoms with Crippen molar-refractivity contribution in [2.24, 2.45) is 7.05 Å². The van der Waals surface area contributed by atoms with E-state index in [1.807, 2.05) is 32.3 Å². The van der Waals surface area contributed by atoms with Crippen LogP contribution in [0.5, 0.6) is 0 Å². The highest BCUT2D eigenvalue weighted by molar-refractivity contribution is 5.77. The van der Waals surface area contributed by atoms with Crippen molar-refractivity contribution in [3.05, 3.63) is 46.4 Å². The van der Waals surface area contributed by atoms with E-state index in [1.54, 1.807) is 18.7 Å². The molecule has 0 fully saturated rings. The summed E-state index contributed by atoms with van der Waals surface area (Å²) in [6.07, 6.45) is 1.87. The number of ether oxygens (including phenoxy) is 1. The number of hydrogen-bond acceptors (Lipinski definition) is 4. The standard InChI is InChI=1S/C18H25N3O2/c1-12-8-15(10-21(4)18(12)22)14-6-7-16(19-3)17(9-14)20-13(2)11-23-5/h6-10,13,19-20H,11H2,1-5H3/t13-/m1/s1. The first kappa shape index (κ1) is 17.1. The number of pyridine rings is 1. The Morgan fingerprint density at radius 1 is 1.22 bits per heavy atom. The van der Waals surface area contributed by atoms with Gasteiger partial charge in [-0.15, -0.1) is 0 Å². The van der Waals surface area contributed by atoms with Crippen LogP contribution in [0.3, 0.4) is 0 Å². The van der Waals surface area contributed by atoms with Gasteiger partial charge in [-0.3, -0.25) is 4.79 Å². The molecule has 1 aromatic heterocycles. The Kier molecular flexibility index (Phi) is 5.45.